The van der Waals surface area contributed by atoms with E-state index in [9.17, 15) is 0 Å². The van der Waals surface area contributed by atoms with Crippen molar-refractivity contribution in [1.82, 2.24) is 15.0 Å². The number of benzene rings is 8. The maximum atomic E-state index is 6.44. The van der Waals surface area contributed by atoms with Crippen molar-refractivity contribution < 1.29 is 4.42 Å². The largest absolute Gasteiger partial charge is 0.456 e. The molecule has 0 N–H and O–H groups in total. The summed E-state index contributed by atoms with van der Waals surface area (Å²) < 4.78 is 6.44. The molecule has 0 amide bonds. The second-order valence-corrected chi connectivity index (χ2v) is 12.0. The number of nitrogens with zero attached hydrogens (tertiary/aromatic N) is 3. The molecule has 4 nitrogen and oxygen atoms in total. The summed E-state index contributed by atoms with van der Waals surface area (Å²) in [6.45, 7) is 0. The SMILES string of the molecule is c1ccc2cc(-c3nc(-c4cc5ccccc5c5ccccc45)nc(-c4cccc5oc6cc7ccccc7cc6c45)n3)ccc2c1. The molecule has 0 unspecified atom stereocenters. The lowest BCUT2D eigenvalue weighted by Crippen LogP contribution is -2.01. The van der Waals surface area contributed by atoms with E-state index < -0.39 is 0 Å². The fraction of sp³-hybridized carbons (Fsp3) is 0. The smallest absolute Gasteiger partial charge is 0.164 e. The highest BCUT2D eigenvalue weighted by Crippen LogP contribution is 2.39. The van der Waals surface area contributed by atoms with Crippen LogP contribution >= 0.6 is 0 Å². The highest BCUT2D eigenvalue weighted by atomic mass is 16.3. The molecule has 47 heavy (non-hydrogen) atoms. The third-order valence-electron chi connectivity index (χ3n) is 9.26. The zero-order chi connectivity index (χ0) is 30.9. The molecule has 2 aromatic heterocycles. The minimum Gasteiger partial charge on any atom is -0.456 e. The number of rotatable bonds is 3. The Morgan fingerprint density at radius 1 is 0.340 bits per heavy atom. The molecule has 10 aromatic rings. The van der Waals surface area contributed by atoms with Gasteiger partial charge in [-0.15, -0.1) is 0 Å². The Morgan fingerprint density at radius 3 is 1.77 bits per heavy atom. The van der Waals surface area contributed by atoms with Crippen molar-refractivity contribution in [2.45, 2.75) is 0 Å². The van der Waals surface area contributed by atoms with Gasteiger partial charge < -0.3 is 4.42 Å². The summed E-state index contributed by atoms with van der Waals surface area (Å²) in [4.78, 5) is 15.6. The van der Waals surface area contributed by atoms with Gasteiger partial charge >= 0.3 is 0 Å². The van der Waals surface area contributed by atoms with Crippen molar-refractivity contribution in [3.8, 4) is 34.2 Å². The van der Waals surface area contributed by atoms with Gasteiger partial charge in [-0.25, -0.2) is 15.0 Å². The molecule has 10 rings (SSSR count). The van der Waals surface area contributed by atoms with E-state index in [2.05, 4.69) is 140 Å². The second kappa shape index (κ2) is 10.1. The van der Waals surface area contributed by atoms with Crippen LogP contribution in [0.15, 0.2) is 156 Å². The minimum absolute atomic E-state index is 0.608. The maximum Gasteiger partial charge on any atom is 0.164 e. The molecular formula is C43H25N3O. The number of hydrogen-bond donors (Lipinski definition) is 0. The molecule has 4 heteroatoms. The summed E-state index contributed by atoms with van der Waals surface area (Å²) >= 11 is 0. The first-order chi connectivity index (χ1) is 23.3. The molecule has 0 bridgehead atoms. The molecule has 0 saturated heterocycles. The lowest BCUT2D eigenvalue weighted by Gasteiger charge is -2.13. The number of fused-ring (bicyclic) bond motifs is 8. The van der Waals surface area contributed by atoms with Crippen molar-refractivity contribution in [2.75, 3.05) is 0 Å². The predicted molar refractivity (Wildman–Crippen MR) is 193 cm³/mol. The molecular weight excluding hydrogens is 574 g/mol. The van der Waals surface area contributed by atoms with Crippen LogP contribution in [0.5, 0.6) is 0 Å². The van der Waals surface area contributed by atoms with Crippen molar-refractivity contribution in [1.29, 1.82) is 0 Å². The van der Waals surface area contributed by atoms with E-state index in [-0.39, 0.29) is 0 Å². The Balaban J connectivity index is 1.29. The van der Waals surface area contributed by atoms with Crippen LogP contribution in [-0.2, 0) is 0 Å². The monoisotopic (exact) mass is 599 g/mol. The fourth-order valence-corrected chi connectivity index (χ4v) is 7.01. The van der Waals surface area contributed by atoms with E-state index in [1.165, 1.54) is 16.2 Å². The third-order valence-corrected chi connectivity index (χ3v) is 9.26. The topological polar surface area (TPSA) is 51.8 Å². The van der Waals surface area contributed by atoms with Gasteiger partial charge in [0, 0.05) is 27.5 Å². The van der Waals surface area contributed by atoms with Gasteiger partial charge in [0.15, 0.2) is 17.5 Å². The van der Waals surface area contributed by atoms with Crippen LogP contribution in [0, 0.1) is 0 Å². The zero-order valence-electron chi connectivity index (χ0n) is 25.2. The van der Waals surface area contributed by atoms with Crippen molar-refractivity contribution >= 4 is 65.0 Å². The Kier molecular flexibility index (Phi) is 5.54. The van der Waals surface area contributed by atoms with E-state index >= 15 is 0 Å². The van der Waals surface area contributed by atoms with Crippen LogP contribution in [0.1, 0.15) is 0 Å². The van der Waals surface area contributed by atoms with Gasteiger partial charge in [0.05, 0.1) is 0 Å². The quantitative estimate of drug-likeness (QED) is 0.190. The molecule has 0 fully saturated rings. The van der Waals surface area contributed by atoms with E-state index in [0.717, 1.165) is 65.6 Å². The van der Waals surface area contributed by atoms with Crippen molar-refractivity contribution in [3.63, 3.8) is 0 Å². The maximum absolute atomic E-state index is 6.44. The van der Waals surface area contributed by atoms with Gasteiger partial charge in [-0.1, -0.05) is 121 Å². The summed E-state index contributed by atoms with van der Waals surface area (Å²) in [6.07, 6.45) is 0. The molecule has 0 radical (unpaired) electrons. The van der Waals surface area contributed by atoms with E-state index in [0.29, 0.717) is 17.5 Å². The normalized spacial score (nSPS) is 11.8. The van der Waals surface area contributed by atoms with Crippen LogP contribution < -0.4 is 0 Å². The first kappa shape index (κ1) is 25.9. The molecule has 2 heterocycles. The number of aromatic nitrogens is 3. The van der Waals surface area contributed by atoms with Gasteiger partial charge in [0.2, 0.25) is 0 Å². The van der Waals surface area contributed by atoms with E-state index in [1.54, 1.807) is 0 Å². The fourth-order valence-electron chi connectivity index (χ4n) is 7.01. The summed E-state index contributed by atoms with van der Waals surface area (Å²) in [7, 11) is 0. The molecule has 0 spiro atoms. The highest BCUT2D eigenvalue weighted by Gasteiger charge is 2.20. The lowest BCUT2D eigenvalue weighted by atomic mass is 9.96. The highest BCUT2D eigenvalue weighted by molar-refractivity contribution is 6.16. The summed E-state index contributed by atoms with van der Waals surface area (Å²) in [5.41, 5.74) is 4.47. The van der Waals surface area contributed by atoms with Crippen LogP contribution in [0.4, 0.5) is 0 Å². The number of hydrogen-bond acceptors (Lipinski definition) is 4. The molecule has 8 aromatic carbocycles. The number of furan rings is 1. The van der Waals surface area contributed by atoms with Crippen LogP contribution in [0.3, 0.4) is 0 Å². The van der Waals surface area contributed by atoms with Gasteiger partial charge in [-0.05, 0) is 73.4 Å². The van der Waals surface area contributed by atoms with Crippen molar-refractivity contribution in [3.05, 3.63) is 152 Å². The van der Waals surface area contributed by atoms with Gasteiger partial charge in [0.1, 0.15) is 11.2 Å². The summed E-state index contributed by atoms with van der Waals surface area (Å²) in [6, 6.07) is 52.8. The molecule has 0 saturated carbocycles. The zero-order valence-corrected chi connectivity index (χ0v) is 25.2. The average molecular weight is 600 g/mol. The summed E-state index contributed by atoms with van der Waals surface area (Å²) in [5.74, 6) is 1.87. The van der Waals surface area contributed by atoms with Gasteiger partial charge in [-0.2, -0.15) is 0 Å². The van der Waals surface area contributed by atoms with Gasteiger partial charge in [-0.3, -0.25) is 0 Å². The first-order valence-electron chi connectivity index (χ1n) is 15.8. The van der Waals surface area contributed by atoms with Crippen LogP contribution in [0.25, 0.3) is 99.2 Å². The van der Waals surface area contributed by atoms with Crippen LogP contribution in [0.2, 0.25) is 0 Å². The Hall–Kier alpha value is -6.39. The molecule has 0 aliphatic heterocycles. The Bertz CT molecular complexity index is 2870. The van der Waals surface area contributed by atoms with E-state index in [4.69, 9.17) is 19.4 Å². The predicted octanol–water partition coefficient (Wildman–Crippen LogP) is 11.4. The lowest BCUT2D eigenvalue weighted by molar-refractivity contribution is 0.669. The third kappa shape index (κ3) is 4.12. The standard InChI is InChI=1S/C43H25N3O/c1-2-11-27-22-31(21-20-26(27)10-1)41-44-42(35-18-9-19-38-40(35)37-23-28-12-3-4-13-29(28)25-39(37)47-38)46-43(45-41)36-24-30-14-5-6-15-32(30)33-16-7-8-17-34(33)36/h1-25H. The summed E-state index contributed by atoms with van der Waals surface area (Å²) in [5, 5.41) is 11.3. The van der Waals surface area contributed by atoms with Gasteiger partial charge in [0.25, 0.3) is 0 Å². The van der Waals surface area contributed by atoms with Crippen LogP contribution in [-0.4, -0.2) is 15.0 Å². The van der Waals surface area contributed by atoms with Crippen molar-refractivity contribution in [2.24, 2.45) is 0 Å². The minimum atomic E-state index is 0.608. The molecule has 218 valence electrons. The first-order valence-corrected chi connectivity index (χ1v) is 15.8. The Labute approximate surface area is 269 Å². The molecule has 0 atom stereocenters. The van der Waals surface area contributed by atoms with E-state index in [1.807, 2.05) is 12.1 Å². The molecule has 0 aliphatic rings. The average Bonchev–Trinajstić information content (AvgIpc) is 3.50. The molecule has 0 aliphatic carbocycles. The second-order valence-electron chi connectivity index (χ2n) is 12.0. The Morgan fingerprint density at radius 2 is 0.957 bits per heavy atom.